The molecule has 0 unspecified atom stereocenters. The number of carbonyl (C=O) groups is 1. The van der Waals surface area contributed by atoms with Gasteiger partial charge in [0.1, 0.15) is 5.75 Å². The number of rotatable bonds is 4. The Hall–Kier alpha value is -2.29. The van der Waals surface area contributed by atoms with E-state index in [2.05, 4.69) is 0 Å². The first-order chi connectivity index (χ1) is 9.06. The summed E-state index contributed by atoms with van der Waals surface area (Å²) < 4.78 is 5.59. The Morgan fingerprint density at radius 1 is 1.05 bits per heavy atom. The maximum Gasteiger partial charge on any atom is 0.193 e. The molecule has 2 aromatic carbocycles. The summed E-state index contributed by atoms with van der Waals surface area (Å²) in [7, 11) is 0. The Kier molecular flexibility index (Phi) is 3.85. The van der Waals surface area contributed by atoms with Gasteiger partial charge in [0.05, 0.1) is 6.10 Å². The number of ether oxygens (including phenoxy) is 1. The number of anilines is 1. The molecule has 0 aromatic heterocycles. The molecule has 2 aromatic rings. The van der Waals surface area contributed by atoms with Crippen molar-refractivity contribution in [3.63, 3.8) is 0 Å². The average Bonchev–Trinajstić information content (AvgIpc) is 2.38. The molecule has 0 radical (unpaired) electrons. The van der Waals surface area contributed by atoms with E-state index in [1.165, 1.54) is 0 Å². The van der Waals surface area contributed by atoms with E-state index < -0.39 is 0 Å². The minimum Gasteiger partial charge on any atom is -0.491 e. The lowest BCUT2D eigenvalue weighted by Gasteiger charge is -2.10. The zero-order chi connectivity index (χ0) is 13.8. The highest BCUT2D eigenvalue weighted by molar-refractivity contribution is 6.09. The summed E-state index contributed by atoms with van der Waals surface area (Å²) in [5.41, 5.74) is 7.49. The number of ketones is 1. The van der Waals surface area contributed by atoms with Gasteiger partial charge in [0, 0.05) is 16.8 Å². The smallest absolute Gasteiger partial charge is 0.193 e. The Labute approximate surface area is 113 Å². The number of benzene rings is 2. The lowest BCUT2D eigenvalue weighted by atomic mass is 10.0. The molecular weight excluding hydrogens is 238 g/mol. The highest BCUT2D eigenvalue weighted by Gasteiger charge is 2.10. The van der Waals surface area contributed by atoms with Crippen molar-refractivity contribution in [2.75, 3.05) is 5.73 Å². The van der Waals surface area contributed by atoms with Gasteiger partial charge < -0.3 is 10.5 Å². The molecule has 2 rings (SSSR count). The van der Waals surface area contributed by atoms with E-state index in [9.17, 15) is 4.79 Å². The van der Waals surface area contributed by atoms with Crippen LogP contribution in [0.3, 0.4) is 0 Å². The normalized spacial score (nSPS) is 10.5. The van der Waals surface area contributed by atoms with Gasteiger partial charge in [-0.15, -0.1) is 0 Å². The molecule has 0 fully saturated rings. The van der Waals surface area contributed by atoms with Crippen LogP contribution in [0.25, 0.3) is 0 Å². The lowest BCUT2D eigenvalue weighted by molar-refractivity contribution is 0.103. The van der Waals surface area contributed by atoms with Gasteiger partial charge in [-0.2, -0.15) is 0 Å². The Balaban J connectivity index is 2.26. The van der Waals surface area contributed by atoms with E-state index in [-0.39, 0.29) is 11.9 Å². The number of nitrogens with two attached hydrogens (primary N) is 1. The number of hydrogen-bond donors (Lipinski definition) is 1. The Bertz CT molecular complexity index is 574. The number of carbonyl (C=O) groups excluding carboxylic acids is 1. The largest absolute Gasteiger partial charge is 0.491 e. The predicted molar refractivity (Wildman–Crippen MR) is 76.5 cm³/mol. The molecule has 0 aliphatic rings. The minimum absolute atomic E-state index is 0.0331. The molecule has 0 heterocycles. The standard InChI is InChI=1S/C16H17NO2/c1-11(2)19-15-5-3-4-13(10-15)16(18)12-6-8-14(17)9-7-12/h3-11H,17H2,1-2H3. The molecule has 2 N–H and O–H groups in total. The van der Waals surface area contributed by atoms with Gasteiger partial charge in [0.25, 0.3) is 0 Å². The van der Waals surface area contributed by atoms with Gasteiger partial charge in [-0.05, 0) is 50.2 Å². The highest BCUT2D eigenvalue weighted by Crippen LogP contribution is 2.18. The Morgan fingerprint density at radius 3 is 2.37 bits per heavy atom. The van der Waals surface area contributed by atoms with Crippen molar-refractivity contribution < 1.29 is 9.53 Å². The van der Waals surface area contributed by atoms with E-state index in [0.29, 0.717) is 22.6 Å². The van der Waals surface area contributed by atoms with E-state index in [0.717, 1.165) is 0 Å². The number of hydrogen-bond acceptors (Lipinski definition) is 3. The van der Waals surface area contributed by atoms with Crippen LogP contribution < -0.4 is 10.5 Å². The first kappa shape index (κ1) is 13.1. The van der Waals surface area contributed by atoms with Crippen LogP contribution in [0, 0.1) is 0 Å². The molecule has 0 aliphatic heterocycles. The fourth-order valence-electron chi connectivity index (χ4n) is 1.78. The van der Waals surface area contributed by atoms with Crippen molar-refractivity contribution >= 4 is 11.5 Å². The third-order valence-corrected chi connectivity index (χ3v) is 2.64. The molecule has 0 bridgehead atoms. The van der Waals surface area contributed by atoms with E-state index >= 15 is 0 Å². The SMILES string of the molecule is CC(C)Oc1cccc(C(=O)c2ccc(N)cc2)c1. The van der Waals surface area contributed by atoms with Gasteiger partial charge in [0.15, 0.2) is 5.78 Å². The van der Waals surface area contributed by atoms with E-state index in [1.54, 1.807) is 36.4 Å². The molecule has 0 amide bonds. The van der Waals surface area contributed by atoms with Crippen LogP contribution in [0.2, 0.25) is 0 Å². The quantitative estimate of drug-likeness (QED) is 0.673. The van der Waals surface area contributed by atoms with Gasteiger partial charge >= 0.3 is 0 Å². The maximum absolute atomic E-state index is 12.3. The minimum atomic E-state index is -0.0331. The fourth-order valence-corrected chi connectivity index (χ4v) is 1.78. The van der Waals surface area contributed by atoms with E-state index in [4.69, 9.17) is 10.5 Å². The van der Waals surface area contributed by atoms with Crippen LogP contribution in [-0.2, 0) is 0 Å². The summed E-state index contributed by atoms with van der Waals surface area (Å²) in [4.78, 5) is 12.3. The maximum atomic E-state index is 12.3. The van der Waals surface area contributed by atoms with Crippen molar-refractivity contribution in [2.45, 2.75) is 20.0 Å². The summed E-state index contributed by atoms with van der Waals surface area (Å²) in [6.45, 7) is 3.91. The molecule has 19 heavy (non-hydrogen) atoms. The van der Waals surface area contributed by atoms with E-state index in [1.807, 2.05) is 26.0 Å². The summed E-state index contributed by atoms with van der Waals surface area (Å²) in [6.07, 6.45) is 0.0851. The van der Waals surface area contributed by atoms with Crippen LogP contribution in [0.5, 0.6) is 5.75 Å². The topological polar surface area (TPSA) is 52.3 Å². The van der Waals surface area contributed by atoms with Crippen LogP contribution in [0.4, 0.5) is 5.69 Å². The zero-order valence-electron chi connectivity index (χ0n) is 11.1. The first-order valence-corrected chi connectivity index (χ1v) is 6.23. The van der Waals surface area contributed by atoms with Crippen molar-refractivity contribution in [3.05, 3.63) is 59.7 Å². The highest BCUT2D eigenvalue weighted by atomic mass is 16.5. The van der Waals surface area contributed by atoms with Gasteiger partial charge in [0.2, 0.25) is 0 Å². The van der Waals surface area contributed by atoms with Gasteiger partial charge in [-0.3, -0.25) is 4.79 Å². The second kappa shape index (κ2) is 5.57. The summed E-state index contributed by atoms with van der Waals surface area (Å²) >= 11 is 0. The van der Waals surface area contributed by atoms with Gasteiger partial charge in [-0.1, -0.05) is 12.1 Å². The predicted octanol–water partition coefficient (Wildman–Crippen LogP) is 3.29. The fraction of sp³-hybridized carbons (Fsp3) is 0.188. The van der Waals surface area contributed by atoms with Crippen LogP contribution >= 0.6 is 0 Å². The van der Waals surface area contributed by atoms with Crippen molar-refractivity contribution in [3.8, 4) is 5.75 Å². The van der Waals surface area contributed by atoms with Crippen LogP contribution in [0.15, 0.2) is 48.5 Å². The van der Waals surface area contributed by atoms with Crippen molar-refractivity contribution in [2.24, 2.45) is 0 Å². The molecule has 0 saturated carbocycles. The molecule has 3 nitrogen and oxygen atoms in total. The Morgan fingerprint density at radius 2 is 1.74 bits per heavy atom. The summed E-state index contributed by atoms with van der Waals surface area (Å²) in [5.74, 6) is 0.672. The molecule has 0 saturated heterocycles. The average molecular weight is 255 g/mol. The third kappa shape index (κ3) is 3.35. The third-order valence-electron chi connectivity index (χ3n) is 2.64. The molecule has 0 aliphatic carbocycles. The molecule has 0 atom stereocenters. The van der Waals surface area contributed by atoms with Crippen molar-refractivity contribution in [1.82, 2.24) is 0 Å². The van der Waals surface area contributed by atoms with Gasteiger partial charge in [-0.25, -0.2) is 0 Å². The summed E-state index contributed by atoms with van der Waals surface area (Å²) in [6, 6.07) is 14.1. The zero-order valence-corrected chi connectivity index (χ0v) is 11.1. The summed E-state index contributed by atoms with van der Waals surface area (Å²) in [5, 5.41) is 0. The molecule has 0 spiro atoms. The van der Waals surface area contributed by atoms with Crippen LogP contribution in [-0.4, -0.2) is 11.9 Å². The second-order valence-electron chi connectivity index (χ2n) is 4.65. The molecule has 98 valence electrons. The van der Waals surface area contributed by atoms with Crippen LogP contribution in [0.1, 0.15) is 29.8 Å². The van der Waals surface area contributed by atoms with Crippen molar-refractivity contribution in [1.29, 1.82) is 0 Å². The molecule has 3 heteroatoms. The second-order valence-corrected chi connectivity index (χ2v) is 4.65. The lowest BCUT2D eigenvalue weighted by Crippen LogP contribution is -2.07. The molecular formula is C16H17NO2. The number of nitrogen functional groups attached to an aromatic ring is 1. The first-order valence-electron chi connectivity index (χ1n) is 6.23. The monoisotopic (exact) mass is 255 g/mol.